The van der Waals surface area contributed by atoms with E-state index in [9.17, 15) is 5.11 Å². The topological polar surface area (TPSA) is 70.1 Å². The molecule has 0 saturated heterocycles. The first kappa shape index (κ1) is 16.0. The SMILES string of the molecule is CNc1ncnc(NCC2(O)CCCC(C)C2)c1C(C)C. The second-order valence-electron chi connectivity index (χ2n) is 6.67. The molecule has 1 aliphatic rings. The Morgan fingerprint density at radius 2 is 2.10 bits per heavy atom. The van der Waals surface area contributed by atoms with Gasteiger partial charge in [-0.05, 0) is 24.7 Å². The van der Waals surface area contributed by atoms with Gasteiger partial charge in [0.05, 0.1) is 5.60 Å². The fourth-order valence-corrected chi connectivity index (χ4v) is 3.32. The lowest BCUT2D eigenvalue weighted by molar-refractivity contribution is -0.000844. The molecule has 0 spiro atoms. The van der Waals surface area contributed by atoms with Gasteiger partial charge in [-0.3, -0.25) is 0 Å². The van der Waals surface area contributed by atoms with Crippen LogP contribution in [0.4, 0.5) is 11.6 Å². The molecular weight excluding hydrogens is 264 g/mol. The van der Waals surface area contributed by atoms with Crippen LogP contribution in [0.2, 0.25) is 0 Å². The Morgan fingerprint density at radius 3 is 2.71 bits per heavy atom. The van der Waals surface area contributed by atoms with E-state index in [2.05, 4.69) is 41.4 Å². The number of aliphatic hydroxyl groups is 1. The molecule has 2 unspecified atom stereocenters. The third kappa shape index (κ3) is 3.84. The number of hydrogen-bond donors (Lipinski definition) is 3. The summed E-state index contributed by atoms with van der Waals surface area (Å²) < 4.78 is 0. The average molecular weight is 292 g/mol. The number of rotatable bonds is 5. The molecule has 118 valence electrons. The van der Waals surface area contributed by atoms with Crippen LogP contribution in [-0.4, -0.2) is 34.3 Å². The minimum Gasteiger partial charge on any atom is -0.388 e. The molecule has 3 N–H and O–H groups in total. The van der Waals surface area contributed by atoms with Crippen LogP contribution in [0.3, 0.4) is 0 Å². The Kier molecular flexibility index (Phi) is 5.04. The highest BCUT2D eigenvalue weighted by Crippen LogP contribution is 2.33. The van der Waals surface area contributed by atoms with Crippen LogP contribution in [-0.2, 0) is 0 Å². The summed E-state index contributed by atoms with van der Waals surface area (Å²) in [5, 5.41) is 17.2. The van der Waals surface area contributed by atoms with E-state index in [0.29, 0.717) is 18.4 Å². The lowest BCUT2D eigenvalue weighted by Crippen LogP contribution is -2.41. The molecule has 2 rings (SSSR count). The van der Waals surface area contributed by atoms with Gasteiger partial charge in [-0.25, -0.2) is 9.97 Å². The normalized spacial score (nSPS) is 25.9. The molecule has 1 aromatic rings. The summed E-state index contributed by atoms with van der Waals surface area (Å²) in [6, 6.07) is 0. The molecule has 1 aromatic heterocycles. The summed E-state index contributed by atoms with van der Waals surface area (Å²) in [5.74, 6) is 2.59. The first-order valence-electron chi connectivity index (χ1n) is 7.94. The predicted octanol–water partition coefficient (Wildman–Crippen LogP) is 2.99. The van der Waals surface area contributed by atoms with Gasteiger partial charge < -0.3 is 15.7 Å². The first-order chi connectivity index (χ1) is 9.95. The molecule has 0 aliphatic heterocycles. The summed E-state index contributed by atoms with van der Waals surface area (Å²) in [7, 11) is 1.87. The van der Waals surface area contributed by atoms with Crippen molar-refractivity contribution in [1.82, 2.24) is 9.97 Å². The third-order valence-corrected chi connectivity index (χ3v) is 4.35. The van der Waals surface area contributed by atoms with Crippen LogP contribution in [0.25, 0.3) is 0 Å². The van der Waals surface area contributed by atoms with Crippen LogP contribution in [0, 0.1) is 5.92 Å². The fraction of sp³-hybridized carbons (Fsp3) is 0.750. The van der Waals surface area contributed by atoms with Crippen LogP contribution < -0.4 is 10.6 Å². The number of nitrogens with zero attached hydrogens (tertiary/aromatic N) is 2. The van der Waals surface area contributed by atoms with E-state index in [4.69, 9.17) is 0 Å². The summed E-state index contributed by atoms with van der Waals surface area (Å²) in [6.45, 7) is 7.02. The molecule has 1 fully saturated rings. The zero-order chi connectivity index (χ0) is 15.5. The van der Waals surface area contributed by atoms with Crippen LogP contribution in [0.15, 0.2) is 6.33 Å². The van der Waals surface area contributed by atoms with E-state index in [-0.39, 0.29) is 0 Å². The maximum atomic E-state index is 10.7. The summed E-state index contributed by atoms with van der Waals surface area (Å²) >= 11 is 0. The maximum absolute atomic E-state index is 10.7. The minimum atomic E-state index is -0.614. The fourth-order valence-electron chi connectivity index (χ4n) is 3.32. The standard InChI is InChI=1S/C16H28N4O/c1-11(2)13-14(17-4)19-10-20-15(13)18-9-16(21)7-5-6-12(3)8-16/h10-12,21H,5-9H2,1-4H3,(H2,17,18,19,20). The number of nitrogens with one attached hydrogen (secondary N) is 2. The Bertz CT molecular complexity index is 477. The van der Waals surface area contributed by atoms with Crippen molar-refractivity contribution in [1.29, 1.82) is 0 Å². The van der Waals surface area contributed by atoms with Crippen molar-refractivity contribution in [3.63, 3.8) is 0 Å². The molecule has 0 radical (unpaired) electrons. The highest BCUT2D eigenvalue weighted by molar-refractivity contribution is 5.58. The Morgan fingerprint density at radius 1 is 1.38 bits per heavy atom. The zero-order valence-electron chi connectivity index (χ0n) is 13.6. The second-order valence-corrected chi connectivity index (χ2v) is 6.67. The smallest absolute Gasteiger partial charge is 0.135 e. The number of aromatic nitrogens is 2. The molecule has 1 heterocycles. The average Bonchev–Trinajstić information content (AvgIpc) is 2.44. The quantitative estimate of drug-likeness (QED) is 0.778. The Labute approximate surface area is 127 Å². The monoisotopic (exact) mass is 292 g/mol. The molecule has 0 aromatic carbocycles. The molecule has 5 heteroatoms. The van der Waals surface area contributed by atoms with Crippen LogP contribution in [0.5, 0.6) is 0 Å². The summed E-state index contributed by atoms with van der Waals surface area (Å²) in [6.07, 6.45) is 5.61. The van der Waals surface area contributed by atoms with Gasteiger partial charge in [0.15, 0.2) is 0 Å². The van der Waals surface area contributed by atoms with E-state index in [0.717, 1.165) is 36.5 Å². The van der Waals surface area contributed by atoms with Crippen molar-refractivity contribution in [2.24, 2.45) is 5.92 Å². The van der Waals surface area contributed by atoms with Crippen molar-refractivity contribution in [3.8, 4) is 0 Å². The molecule has 0 bridgehead atoms. The van der Waals surface area contributed by atoms with Crippen LogP contribution in [0.1, 0.15) is 57.9 Å². The third-order valence-electron chi connectivity index (χ3n) is 4.35. The van der Waals surface area contributed by atoms with Gasteiger partial charge in [-0.1, -0.05) is 33.6 Å². The van der Waals surface area contributed by atoms with E-state index in [1.807, 2.05) is 7.05 Å². The largest absolute Gasteiger partial charge is 0.388 e. The van der Waals surface area contributed by atoms with Gasteiger partial charge in [0.1, 0.15) is 18.0 Å². The molecule has 21 heavy (non-hydrogen) atoms. The molecule has 5 nitrogen and oxygen atoms in total. The van der Waals surface area contributed by atoms with Gasteiger partial charge in [-0.15, -0.1) is 0 Å². The highest BCUT2D eigenvalue weighted by atomic mass is 16.3. The molecule has 1 saturated carbocycles. The van der Waals surface area contributed by atoms with E-state index < -0.39 is 5.60 Å². The van der Waals surface area contributed by atoms with Gasteiger partial charge in [0.25, 0.3) is 0 Å². The van der Waals surface area contributed by atoms with E-state index in [1.165, 1.54) is 6.42 Å². The van der Waals surface area contributed by atoms with Gasteiger partial charge in [0.2, 0.25) is 0 Å². The molecule has 0 amide bonds. The lowest BCUT2D eigenvalue weighted by Gasteiger charge is -2.36. The van der Waals surface area contributed by atoms with E-state index in [1.54, 1.807) is 6.33 Å². The lowest BCUT2D eigenvalue weighted by atomic mass is 9.79. The minimum absolute atomic E-state index is 0.316. The number of hydrogen-bond acceptors (Lipinski definition) is 5. The van der Waals surface area contributed by atoms with Crippen molar-refractivity contribution in [3.05, 3.63) is 11.9 Å². The molecule has 2 atom stereocenters. The Hall–Kier alpha value is -1.36. The Balaban J connectivity index is 2.12. The maximum Gasteiger partial charge on any atom is 0.135 e. The van der Waals surface area contributed by atoms with Gasteiger partial charge in [0, 0.05) is 19.2 Å². The van der Waals surface area contributed by atoms with Crippen LogP contribution >= 0.6 is 0 Å². The summed E-state index contributed by atoms with van der Waals surface area (Å²) in [5.41, 5.74) is 0.462. The number of anilines is 2. The molecule has 1 aliphatic carbocycles. The van der Waals surface area contributed by atoms with Gasteiger partial charge >= 0.3 is 0 Å². The molecular formula is C16H28N4O. The summed E-state index contributed by atoms with van der Waals surface area (Å²) in [4.78, 5) is 8.65. The predicted molar refractivity (Wildman–Crippen MR) is 86.7 cm³/mol. The van der Waals surface area contributed by atoms with E-state index >= 15 is 0 Å². The van der Waals surface area contributed by atoms with Crippen molar-refractivity contribution >= 4 is 11.6 Å². The first-order valence-corrected chi connectivity index (χ1v) is 7.94. The zero-order valence-corrected chi connectivity index (χ0v) is 13.6. The van der Waals surface area contributed by atoms with Crippen molar-refractivity contribution < 1.29 is 5.11 Å². The van der Waals surface area contributed by atoms with Gasteiger partial charge in [-0.2, -0.15) is 0 Å². The van der Waals surface area contributed by atoms with Crippen molar-refractivity contribution in [2.45, 2.75) is 58.0 Å². The second kappa shape index (κ2) is 6.60. The highest BCUT2D eigenvalue weighted by Gasteiger charge is 2.32. The van der Waals surface area contributed by atoms with Crippen molar-refractivity contribution in [2.75, 3.05) is 24.2 Å².